The van der Waals surface area contributed by atoms with E-state index in [1.165, 1.54) is 0 Å². The third-order valence-corrected chi connectivity index (χ3v) is 4.12. The van der Waals surface area contributed by atoms with Gasteiger partial charge in [0.2, 0.25) is 5.95 Å². The number of ether oxygens (including phenoxy) is 1. The minimum absolute atomic E-state index is 0.339. The van der Waals surface area contributed by atoms with E-state index in [4.69, 9.17) is 4.74 Å². The molecular weight excluding hydrogens is 286 g/mol. The molecule has 1 aliphatic rings. The summed E-state index contributed by atoms with van der Waals surface area (Å²) in [5.41, 5.74) is 0. The van der Waals surface area contributed by atoms with Crippen LogP contribution >= 0.6 is 11.3 Å². The maximum atomic E-state index is 5.48. The van der Waals surface area contributed by atoms with Crippen molar-refractivity contribution in [3.63, 3.8) is 0 Å². The highest BCUT2D eigenvalue weighted by Crippen LogP contribution is 2.16. The molecule has 3 rings (SSSR count). The molecule has 112 valence electrons. The third kappa shape index (κ3) is 3.89. The van der Waals surface area contributed by atoms with Crippen molar-refractivity contribution in [1.82, 2.24) is 15.0 Å². The van der Waals surface area contributed by atoms with Gasteiger partial charge in [0.05, 0.1) is 19.2 Å². The summed E-state index contributed by atoms with van der Waals surface area (Å²) in [4.78, 5) is 15.2. The second-order valence-corrected chi connectivity index (χ2v) is 6.06. The molecule has 6 nitrogen and oxygen atoms in total. The van der Waals surface area contributed by atoms with E-state index in [2.05, 4.69) is 20.3 Å². The molecule has 1 atom stereocenters. The first-order valence-corrected chi connectivity index (χ1v) is 7.96. The first-order valence-electron chi connectivity index (χ1n) is 7.08. The highest BCUT2D eigenvalue weighted by Gasteiger charge is 2.15. The Hall–Kier alpha value is -1.73. The first kappa shape index (κ1) is 14.2. The van der Waals surface area contributed by atoms with Crippen LogP contribution in [0.1, 0.15) is 17.8 Å². The second kappa shape index (κ2) is 6.82. The standard InChI is InChI=1S/C14H19N5OS/c1-19(9-13-15-6-8-21-13)14-16-5-4-12(18-14)17-11-3-2-7-20-10-11/h4-6,8,11H,2-3,7,9-10H2,1H3,(H,16,17,18)/t11-/m1/s1. The van der Waals surface area contributed by atoms with Crippen molar-refractivity contribution in [3.8, 4) is 0 Å². The molecule has 2 aromatic heterocycles. The largest absolute Gasteiger partial charge is 0.379 e. The summed E-state index contributed by atoms with van der Waals surface area (Å²) < 4.78 is 5.48. The van der Waals surface area contributed by atoms with Gasteiger partial charge in [0.1, 0.15) is 10.8 Å². The van der Waals surface area contributed by atoms with Gasteiger partial charge < -0.3 is 15.0 Å². The SMILES string of the molecule is CN(Cc1nccs1)c1nccc(N[C@@H]2CCCOC2)n1. The Kier molecular flexibility index (Phi) is 4.62. The van der Waals surface area contributed by atoms with Gasteiger partial charge in [0, 0.05) is 31.4 Å². The van der Waals surface area contributed by atoms with Gasteiger partial charge in [-0.05, 0) is 18.9 Å². The normalized spacial score (nSPS) is 18.4. The zero-order valence-corrected chi connectivity index (χ0v) is 12.8. The minimum atomic E-state index is 0.339. The van der Waals surface area contributed by atoms with Crippen molar-refractivity contribution in [2.75, 3.05) is 30.5 Å². The molecule has 1 N–H and O–H groups in total. The van der Waals surface area contributed by atoms with Crippen molar-refractivity contribution >= 4 is 23.1 Å². The summed E-state index contributed by atoms with van der Waals surface area (Å²) in [6.07, 6.45) is 5.82. The number of aromatic nitrogens is 3. The van der Waals surface area contributed by atoms with Gasteiger partial charge in [-0.2, -0.15) is 4.98 Å². The summed E-state index contributed by atoms with van der Waals surface area (Å²) in [7, 11) is 1.98. The van der Waals surface area contributed by atoms with Crippen LogP contribution in [-0.2, 0) is 11.3 Å². The fourth-order valence-corrected chi connectivity index (χ4v) is 2.95. The fourth-order valence-electron chi connectivity index (χ4n) is 2.28. The predicted octanol–water partition coefficient (Wildman–Crippen LogP) is 2.16. The Morgan fingerprint density at radius 3 is 3.14 bits per heavy atom. The van der Waals surface area contributed by atoms with Crippen LogP contribution in [0, 0.1) is 0 Å². The number of nitrogens with zero attached hydrogens (tertiary/aromatic N) is 4. The van der Waals surface area contributed by atoms with Crippen LogP contribution in [0.5, 0.6) is 0 Å². The quantitative estimate of drug-likeness (QED) is 0.913. The molecule has 0 spiro atoms. The maximum Gasteiger partial charge on any atom is 0.227 e. The van der Waals surface area contributed by atoms with Crippen LogP contribution in [0.25, 0.3) is 0 Å². The van der Waals surface area contributed by atoms with Gasteiger partial charge in [0.25, 0.3) is 0 Å². The molecule has 21 heavy (non-hydrogen) atoms. The van der Waals surface area contributed by atoms with Gasteiger partial charge in [-0.3, -0.25) is 0 Å². The van der Waals surface area contributed by atoms with Gasteiger partial charge in [-0.25, -0.2) is 9.97 Å². The molecule has 0 aromatic carbocycles. The molecule has 1 saturated heterocycles. The molecule has 0 saturated carbocycles. The molecular formula is C14H19N5OS. The van der Waals surface area contributed by atoms with E-state index in [1.807, 2.05) is 29.6 Å². The third-order valence-electron chi connectivity index (χ3n) is 3.35. The summed E-state index contributed by atoms with van der Waals surface area (Å²) in [5, 5.41) is 6.45. The molecule has 0 aliphatic carbocycles. The van der Waals surface area contributed by atoms with E-state index < -0.39 is 0 Å². The number of hydrogen-bond donors (Lipinski definition) is 1. The summed E-state index contributed by atoms with van der Waals surface area (Å²) in [5.74, 6) is 1.55. The summed E-state index contributed by atoms with van der Waals surface area (Å²) >= 11 is 1.64. The van der Waals surface area contributed by atoms with Crippen molar-refractivity contribution in [3.05, 3.63) is 28.8 Å². The van der Waals surface area contributed by atoms with Crippen molar-refractivity contribution in [1.29, 1.82) is 0 Å². The topological polar surface area (TPSA) is 63.2 Å². The lowest BCUT2D eigenvalue weighted by Gasteiger charge is -2.24. The molecule has 3 heterocycles. The number of rotatable bonds is 5. The van der Waals surface area contributed by atoms with E-state index in [9.17, 15) is 0 Å². The summed E-state index contributed by atoms with van der Waals surface area (Å²) in [6, 6.07) is 2.24. The Labute approximate surface area is 128 Å². The molecule has 2 aromatic rings. The Bertz CT molecular complexity index is 556. The predicted molar refractivity (Wildman–Crippen MR) is 83.7 cm³/mol. The van der Waals surface area contributed by atoms with Crippen LogP contribution in [-0.4, -0.2) is 41.3 Å². The second-order valence-electron chi connectivity index (χ2n) is 5.08. The molecule has 0 radical (unpaired) electrons. The van der Waals surface area contributed by atoms with Gasteiger partial charge in [-0.15, -0.1) is 11.3 Å². The molecule has 0 amide bonds. The van der Waals surface area contributed by atoms with Crippen LogP contribution < -0.4 is 10.2 Å². The minimum Gasteiger partial charge on any atom is -0.379 e. The van der Waals surface area contributed by atoms with Crippen molar-refractivity contribution < 1.29 is 4.74 Å². The molecule has 0 bridgehead atoms. The van der Waals surface area contributed by atoms with E-state index in [0.717, 1.165) is 36.9 Å². The van der Waals surface area contributed by atoms with Crippen molar-refractivity contribution in [2.45, 2.75) is 25.4 Å². The van der Waals surface area contributed by atoms with E-state index >= 15 is 0 Å². The number of anilines is 2. The lowest BCUT2D eigenvalue weighted by molar-refractivity contribution is 0.0875. The van der Waals surface area contributed by atoms with Gasteiger partial charge in [-0.1, -0.05) is 0 Å². The lowest BCUT2D eigenvalue weighted by Crippen LogP contribution is -2.30. The van der Waals surface area contributed by atoms with E-state index in [1.54, 1.807) is 17.5 Å². The molecule has 1 fully saturated rings. The van der Waals surface area contributed by atoms with E-state index in [-0.39, 0.29) is 0 Å². The average Bonchev–Trinajstić information content (AvgIpc) is 3.01. The summed E-state index contributed by atoms with van der Waals surface area (Å²) in [6.45, 7) is 2.33. The zero-order chi connectivity index (χ0) is 14.5. The highest BCUT2D eigenvalue weighted by molar-refractivity contribution is 7.09. The Morgan fingerprint density at radius 1 is 1.43 bits per heavy atom. The fraction of sp³-hybridized carbons (Fsp3) is 0.500. The number of hydrogen-bond acceptors (Lipinski definition) is 7. The van der Waals surface area contributed by atoms with Crippen molar-refractivity contribution in [2.24, 2.45) is 0 Å². The smallest absolute Gasteiger partial charge is 0.227 e. The highest BCUT2D eigenvalue weighted by atomic mass is 32.1. The first-order chi connectivity index (χ1) is 10.3. The maximum absolute atomic E-state index is 5.48. The number of nitrogens with one attached hydrogen (secondary N) is 1. The van der Waals surface area contributed by atoms with Crippen LogP contribution in [0.2, 0.25) is 0 Å². The molecule has 7 heteroatoms. The van der Waals surface area contributed by atoms with Gasteiger partial charge >= 0.3 is 0 Å². The monoisotopic (exact) mass is 305 g/mol. The lowest BCUT2D eigenvalue weighted by atomic mass is 10.1. The number of thiazole rings is 1. The molecule has 0 unspecified atom stereocenters. The van der Waals surface area contributed by atoms with E-state index in [0.29, 0.717) is 18.5 Å². The van der Waals surface area contributed by atoms with Gasteiger partial charge in [0.15, 0.2) is 0 Å². The Morgan fingerprint density at radius 2 is 2.38 bits per heavy atom. The van der Waals surface area contributed by atoms with Crippen LogP contribution in [0.4, 0.5) is 11.8 Å². The Balaban J connectivity index is 1.64. The van der Waals surface area contributed by atoms with Crippen LogP contribution in [0.3, 0.4) is 0 Å². The average molecular weight is 305 g/mol. The molecule has 1 aliphatic heterocycles. The van der Waals surface area contributed by atoms with Crippen LogP contribution in [0.15, 0.2) is 23.8 Å². The zero-order valence-electron chi connectivity index (χ0n) is 12.0.